The van der Waals surface area contributed by atoms with E-state index in [1.807, 2.05) is 0 Å². The minimum Gasteiger partial charge on any atom is -0.435 e. The van der Waals surface area contributed by atoms with Gasteiger partial charge in [-0.3, -0.25) is 4.79 Å². The number of carbonyl (C=O) groups excluding carboxylic acids is 1. The molecule has 1 heterocycles. The molecular formula is C23H24F2N4O4. The first-order valence-electron chi connectivity index (χ1n) is 10.2. The zero-order chi connectivity index (χ0) is 23.8. The molecule has 0 saturated carbocycles. The maximum absolute atomic E-state index is 12.3. The van der Waals surface area contributed by atoms with Crippen LogP contribution >= 0.6 is 0 Å². The molecular weight excluding hydrogens is 434 g/mol. The van der Waals surface area contributed by atoms with E-state index in [1.165, 1.54) is 12.1 Å². The average Bonchev–Trinajstić information content (AvgIpc) is 2.80. The number of carbonyl (C=O) groups is 1. The van der Waals surface area contributed by atoms with E-state index in [-0.39, 0.29) is 24.8 Å². The molecule has 0 bridgehead atoms. The lowest BCUT2D eigenvalue weighted by atomic mass is 9.98. The van der Waals surface area contributed by atoms with Gasteiger partial charge >= 0.3 is 6.61 Å². The van der Waals surface area contributed by atoms with Crippen LogP contribution in [-0.2, 0) is 4.79 Å². The molecule has 1 aromatic heterocycles. The van der Waals surface area contributed by atoms with Gasteiger partial charge in [-0.15, -0.1) is 0 Å². The molecule has 2 atom stereocenters. The molecule has 0 unspecified atom stereocenters. The maximum Gasteiger partial charge on any atom is 0.387 e. The quantitative estimate of drug-likeness (QED) is 0.369. The molecule has 0 aliphatic heterocycles. The number of hydrogen-bond acceptors (Lipinski definition) is 7. The highest BCUT2D eigenvalue weighted by atomic mass is 19.3. The SMILES string of the molecule is C[C@H](O)CNC(=O)[C@@H](CO)c1ccc(Nc2ncc(-c3ccc(OC(F)F)cc3)cn2)cc1. The summed E-state index contributed by atoms with van der Waals surface area (Å²) in [5.74, 6) is -0.699. The molecule has 2 aromatic carbocycles. The molecule has 3 rings (SSSR count). The Morgan fingerprint density at radius 1 is 1.03 bits per heavy atom. The van der Waals surface area contributed by atoms with Crippen molar-refractivity contribution in [2.75, 3.05) is 18.5 Å². The number of ether oxygens (including phenoxy) is 1. The Bertz CT molecular complexity index is 1030. The van der Waals surface area contributed by atoms with Gasteiger partial charge in [0.2, 0.25) is 11.9 Å². The van der Waals surface area contributed by atoms with Crippen LogP contribution in [0.2, 0.25) is 0 Å². The van der Waals surface area contributed by atoms with Crippen molar-refractivity contribution in [1.82, 2.24) is 15.3 Å². The van der Waals surface area contributed by atoms with Gasteiger partial charge in [0.25, 0.3) is 0 Å². The van der Waals surface area contributed by atoms with Gasteiger partial charge in [-0.1, -0.05) is 24.3 Å². The van der Waals surface area contributed by atoms with Gasteiger partial charge < -0.3 is 25.6 Å². The minimum atomic E-state index is -2.87. The number of hydrogen-bond donors (Lipinski definition) is 4. The lowest BCUT2D eigenvalue weighted by molar-refractivity contribution is -0.123. The number of amides is 1. The van der Waals surface area contributed by atoms with Crippen LogP contribution in [0.4, 0.5) is 20.4 Å². The zero-order valence-electron chi connectivity index (χ0n) is 17.8. The number of halogens is 2. The fraction of sp³-hybridized carbons (Fsp3) is 0.261. The van der Waals surface area contributed by atoms with Crippen molar-refractivity contribution in [1.29, 1.82) is 0 Å². The highest BCUT2D eigenvalue weighted by Gasteiger charge is 2.19. The first-order valence-corrected chi connectivity index (χ1v) is 10.2. The van der Waals surface area contributed by atoms with Crippen LogP contribution in [0.5, 0.6) is 5.75 Å². The zero-order valence-corrected chi connectivity index (χ0v) is 17.8. The third kappa shape index (κ3) is 6.93. The molecule has 10 heteroatoms. The van der Waals surface area contributed by atoms with Gasteiger partial charge in [-0.2, -0.15) is 8.78 Å². The van der Waals surface area contributed by atoms with E-state index >= 15 is 0 Å². The number of nitrogens with zero attached hydrogens (tertiary/aromatic N) is 2. The highest BCUT2D eigenvalue weighted by Crippen LogP contribution is 2.24. The van der Waals surface area contributed by atoms with Gasteiger partial charge in [0.05, 0.1) is 18.6 Å². The topological polar surface area (TPSA) is 117 Å². The summed E-state index contributed by atoms with van der Waals surface area (Å²) in [7, 11) is 0. The Morgan fingerprint density at radius 2 is 1.67 bits per heavy atom. The van der Waals surface area contributed by atoms with Crippen molar-refractivity contribution < 1.29 is 28.5 Å². The standard InChI is InChI=1S/C23H24F2N4O4/c1-14(31)10-26-21(32)20(13-30)16-2-6-18(7-3-16)29-23-27-11-17(12-28-23)15-4-8-19(9-5-15)33-22(24)25/h2-9,11-12,14,20,22,30-31H,10,13H2,1H3,(H,26,32)(H,27,28,29)/t14-,20-/m0/s1. The fourth-order valence-corrected chi connectivity index (χ4v) is 3.01. The van der Waals surface area contributed by atoms with E-state index < -0.39 is 18.6 Å². The molecule has 1 amide bonds. The maximum atomic E-state index is 12.3. The summed E-state index contributed by atoms with van der Waals surface area (Å²) in [5, 5.41) is 24.5. The summed E-state index contributed by atoms with van der Waals surface area (Å²) >= 11 is 0. The normalized spacial score (nSPS) is 12.8. The second-order valence-corrected chi connectivity index (χ2v) is 7.27. The van der Waals surface area contributed by atoms with Crippen molar-refractivity contribution in [3.63, 3.8) is 0 Å². The predicted octanol–water partition coefficient (Wildman–Crippen LogP) is 3.06. The molecule has 0 saturated heterocycles. The van der Waals surface area contributed by atoms with E-state index in [4.69, 9.17) is 0 Å². The van der Waals surface area contributed by atoms with Crippen LogP contribution in [0.3, 0.4) is 0 Å². The lowest BCUT2D eigenvalue weighted by Crippen LogP contribution is -2.35. The van der Waals surface area contributed by atoms with Crippen molar-refractivity contribution in [2.45, 2.75) is 25.6 Å². The number of benzene rings is 2. The third-order valence-electron chi connectivity index (χ3n) is 4.70. The Kier molecular flexibility index (Phi) is 8.22. The number of rotatable bonds is 10. The van der Waals surface area contributed by atoms with Crippen LogP contribution in [0, 0.1) is 0 Å². The van der Waals surface area contributed by atoms with Gasteiger partial charge in [0, 0.05) is 30.2 Å². The van der Waals surface area contributed by atoms with Gasteiger partial charge in [-0.25, -0.2) is 9.97 Å². The summed E-state index contributed by atoms with van der Waals surface area (Å²) in [5.41, 5.74) is 2.76. The van der Waals surface area contributed by atoms with Gasteiger partial charge in [-0.05, 0) is 42.3 Å². The smallest absolute Gasteiger partial charge is 0.387 e. The minimum absolute atomic E-state index is 0.0697. The number of anilines is 2. The van der Waals surface area contributed by atoms with Crippen molar-refractivity contribution >= 4 is 17.5 Å². The molecule has 4 N–H and O–H groups in total. The molecule has 33 heavy (non-hydrogen) atoms. The van der Waals surface area contributed by atoms with Crippen molar-refractivity contribution in [3.8, 4) is 16.9 Å². The molecule has 3 aromatic rings. The molecule has 0 aliphatic rings. The molecule has 0 spiro atoms. The summed E-state index contributed by atoms with van der Waals surface area (Å²) in [4.78, 5) is 20.7. The van der Waals surface area contributed by atoms with Crippen LogP contribution in [0.15, 0.2) is 60.9 Å². The van der Waals surface area contributed by atoms with Crippen molar-refractivity contribution in [2.24, 2.45) is 0 Å². The molecule has 174 valence electrons. The van der Waals surface area contributed by atoms with Crippen LogP contribution in [-0.4, -0.2) is 52.0 Å². The number of alkyl halides is 2. The van der Waals surface area contributed by atoms with Crippen LogP contribution in [0.25, 0.3) is 11.1 Å². The Balaban J connectivity index is 1.62. The predicted molar refractivity (Wildman–Crippen MR) is 118 cm³/mol. The number of aliphatic hydroxyl groups is 2. The summed E-state index contributed by atoms with van der Waals surface area (Å²) in [6, 6.07) is 13.1. The largest absolute Gasteiger partial charge is 0.435 e. The fourth-order valence-electron chi connectivity index (χ4n) is 3.01. The first kappa shape index (κ1) is 24.0. The average molecular weight is 458 g/mol. The number of aliphatic hydroxyl groups excluding tert-OH is 2. The van der Waals surface area contributed by atoms with E-state index in [2.05, 4.69) is 25.3 Å². The van der Waals surface area contributed by atoms with E-state index in [0.29, 0.717) is 22.8 Å². The second-order valence-electron chi connectivity index (χ2n) is 7.27. The molecule has 0 aliphatic carbocycles. The Labute approximate surface area is 189 Å². The highest BCUT2D eigenvalue weighted by molar-refractivity contribution is 5.84. The van der Waals surface area contributed by atoms with Crippen LogP contribution in [0.1, 0.15) is 18.4 Å². The first-order chi connectivity index (χ1) is 15.9. The van der Waals surface area contributed by atoms with Gasteiger partial charge in [0.15, 0.2) is 0 Å². The monoisotopic (exact) mass is 458 g/mol. The lowest BCUT2D eigenvalue weighted by Gasteiger charge is -2.16. The molecule has 0 radical (unpaired) electrons. The summed E-state index contributed by atoms with van der Waals surface area (Å²) in [6.45, 7) is -1.57. The summed E-state index contributed by atoms with van der Waals surface area (Å²) in [6.07, 6.45) is 2.52. The molecule has 8 nitrogen and oxygen atoms in total. The summed E-state index contributed by atoms with van der Waals surface area (Å²) < 4.78 is 28.8. The van der Waals surface area contributed by atoms with E-state index in [1.54, 1.807) is 55.7 Å². The third-order valence-corrected chi connectivity index (χ3v) is 4.70. The Morgan fingerprint density at radius 3 is 2.21 bits per heavy atom. The van der Waals surface area contributed by atoms with Crippen LogP contribution < -0.4 is 15.4 Å². The van der Waals surface area contributed by atoms with Gasteiger partial charge in [0.1, 0.15) is 5.75 Å². The van der Waals surface area contributed by atoms with Crippen molar-refractivity contribution in [3.05, 3.63) is 66.5 Å². The molecule has 0 fully saturated rings. The number of aromatic nitrogens is 2. The van der Waals surface area contributed by atoms with E-state index in [0.717, 1.165) is 5.56 Å². The Hall–Kier alpha value is -3.63. The van der Waals surface area contributed by atoms with E-state index in [9.17, 15) is 23.8 Å². The number of nitrogens with one attached hydrogen (secondary N) is 2. The second kappa shape index (κ2) is 11.3.